The molecule has 2 saturated heterocycles. The Morgan fingerprint density at radius 1 is 1.05 bits per heavy atom. The summed E-state index contributed by atoms with van der Waals surface area (Å²) in [4.78, 5) is 5.22. The van der Waals surface area contributed by atoms with E-state index >= 15 is 0 Å². The van der Waals surface area contributed by atoms with E-state index in [1.807, 2.05) is 0 Å². The van der Waals surface area contributed by atoms with Crippen molar-refractivity contribution in [3.63, 3.8) is 0 Å². The van der Waals surface area contributed by atoms with E-state index in [9.17, 15) is 0 Å². The lowest BCUT2D eigenvalue weighted by Gasteiger charge is -2.37. The second-order valence-corrected chi connectivity index (χ2v) is 5.80. The molecular formula is C17H27Cl2N3. The van der Waals surface area contributed by atoms with E-state index in [1.54, 1.807) is 0 Å². The molecule has 3 rings (SSSR count). The molecule has 5 heteroatoms. The van der Waals surface area contributed by atoms with E-state index in [0.717, 1.165) is 12.6 Å². The molecule has 0 radical (unpaired) electrons. The van der Waals surface area contributed by atoms with Crippen molar-refractivity contribution in [3.05, 3.63) is 42.0 Å². The van der Waals surface area contributed by atoms with Crippen molar-refractivity contribution in [1.29, 1.82) is 0 Å². The Morgan fingerprint density at radius 2 is 1.77 bits per heavy atom. The molecule has 2 fully saturated rings. The van der Waals surface area contributed by atoms with Gasteiger partial charge in [-0.1, -0.05) is 42.5 Å². The molecule has 3 nitrogen and oxygen atoms in total. The molecule has 2 heterocycles. The second-order valence-electron chi connectivity index (χ2n) is 5.80. The van der Waals surface area contributed by atoms with Gasteiger partial charge in [-0.15, -0.1) is 24.8 Å². The minimum absolute atomic E-state index is 0. The maximum absolute atomic E-state index is 3.47. The number of piperazine rings is 1. The van der Waals surface area contributed by atoms with Crippen molar-refractivity contribution in [2.75, 3.05) is 45.8 Å². The average molecular weight is 344 g/mol. The number of hydrogen-bond acceptors (Lipinski definition) is 3. The summed E-state index contributed by atoms with van der Waals surface area (Å²) in [7, 11) is 0. The topological polar surface area (TPSA) is 18.5 Å². The number of benzene rings is 1. The number of halogens is 2. The van der Waals surface area contributed by atoms with Gasteiger partial charge in [0.15, 0.2) is 0 Å². The molecule has 0 aromatic heterocycles. The lowest BCUT2D eigenvalue weighted by Crippen LogP contribution is -2.50. The molecule has 0 saturated carbocycles. The van der Waals surface area contributed by atoms with E-state index in [0.29, 0.717) is 0 Å². The summed E-state index contributed by atoms with van der Waals surface area (Å²) in [5, 5.41) is 3.47. The van der Waals surface area contributed by atoms with Gasteiger partial charge in [0.2, 0.25) is 0 Å². The van der Waals surface area contributed by atoms with Crippen LogP contribution >= 0.6 is 24.8 Å². The zero-order valence-corrected chi connectivity index (χ0v) is 14.6. The van der Waals surface area contributed by atoms with Crippen LogP contribution in [0.3, 0.4) is 0 Å². The highest BCUT2D eigenvalue weighted by Gasteiger charge is 2.25. The maximum Gasteiger partial charge on any atom is 0.0233 e. The van der Waals surface area contributed by atoms with Crippen molar-refractivity contribution in [3.8, 4) is 0 Å². The van der Waals surface area contributed by atoms with Crippen molar-refractivity contribution >= 4 is 30.9 Å². The first-order valence-electron chi connectivity index (χ1n) is 7.80. The van der Waals surface area contributed by atoms with Crippen LogP contribution in [-0.2, 0) is 0 Å². The largest absolute Gasteiger partial charge is 0.315 e. The van der Waals surface area contributed by atoms with E-state index < -0.39 is 0 Å². The minimum atomic E-state index is 0. The molecule has 2 aliphatic rings. The smallest absolute Gasteiger partial charge is 0.0233 e. The normalized spacial score (nSPS) is 23.2. The van der Waals surface area contributed by atoms with Crippen LogP contribution in [0.2, 0.25) is 0 Å². The zero-order valence-electron chi connectivity index (χ0n) is 13.0. The van der Waals surface area contributed by atoms with Gasteiger partial charge in [0, 0.05) is 45.3 Å². The molecular weight excluding hydrogens is 317 g/mol. The predicted molar refractivity (Wildman–Crippen MR) is 99.3 cm³/mol. The van der Waals surface area contributed by atoms with Crippen LogP contribution in [0.15, 0.2) is 36.4 Å². The van der Waals surface area contributed by atoms with Crippen LogP contribution < -0.4 is 5.32 Å². The van der Waals surface area contributed by atoms with E-state index in [-0.39, 0.29) is 24.8 Å². The third-order valence-corrected chi connectivity index (χ3v) is 4.43. The SMILES string of the molecule is C(=Cc1ccccc1)CN1CCN(C2CCNC2)CC1.Cl.Cl. The Morgan fingerprint density at radius 3 is 2.41 bits per heavy atom. The Bertz CT molecular complexity index is 425. The quantitative estimate of drug-likeness (QED) is 0.906. The van der Waals surface area contributed by atoms with Crippen LogP contribution in [0.25, 0.3) is 6.08 Å². The Balaban J connectivity index is 0.00000121. The van der Waals surface area contributed by atoms with E-state index in [2.05, 4.69) is 57.6 Å². The first-order valence-corrected chi connectivity index (χ1v) is 7.80. The number of nitrogens with one attached hydrogen (secondary N) is 1. The van der Waals surface area contributed by atoms with Gasteiger partial charge in [-0.25, -0.2) is 0 Å². The molecule has 1 N–H and O–H groups in total. The summed E-state index contributed by atoms with van der Waals surface area (Å²) in [5.41, 5.74) is 1.29. The molecule has 2 aliphatic heterocycles. The predicted octanol–water partition coefficient (Wildman–Crippen LogP) is 2.52. The van der Waals surface area contributed by atoms with Crippen LogP contribution in [-0.4, -0.2) is 61.7 Å². The fraction of sp³-hybridized carbons (Fsp3) is 0.529. The Kier molecular flexibility index (Phi) is 9.06. The lowest BCUT2D eigenvalue weighted by atomic mass is 10.2. The second kappa shape index (κ2) is 10.2. The standard InChI is InChI=1S/C17H25N3.2ClH/c1-2-5-16(6-3-1)7-4-10-19-11-13-20(14-12-19)17-8-9-18-15-17;;/h1-7,17-18H,8-15H2;2*1H. The summed E-state index contributed by atoms with van der Waals surface area (Å²) in [6.07, 6.45) is 5.85. The van der Waals surface area contributed by atoms with Crippen LogP contribution in [0.1, 0.15) is 12.0 Å². The molecule has 1 atom stereocenters. The van der Waals surface area contributed by atoms with Gasteiger partial charge < -0.3 is 5.32 Å². The van der Waals surface area contributed by atoms with Gasteiger partial charge in [-0.3, -0.25) is 9.80 Å². The number of rotatable bonds is 4. The molecule has 0 spiro atoms. The molecule has 124 valence electrons. The molecule has 1 aromatic carbocycles. The average Bonchev–Trinajstić information content (AvgIpc) is 3.03. The lowest BCUT2D eigenvalue weighted by molar-refractivity contribution is 0.110. The summed E-state index contributed by atoms with van der Waals surface area (Å²) in [6, 6.07) is 11.3. The third-order valence-electron chi connectivity index (χ3n) is 4.43. The van der Waals surface area contributed by atoms with Crippen molar-refractivity contribution in [2.24, 2.45) is 0 Å². The van der Waals surface area contributed by atoms with Crippen LogP contribution in [0, 0.1) is 0 Å². The van der Waals surface area contributed by atoms with Crippen molar-refractivity contribution in [2.45, 2.75) is 12.5 Å². The summed E-state index contributed by atoms with van der Waals surface area (Å²) in [6.45, 7) is 8.33. The zero-order chi connectivity index (χ0) is 13.6. The summed E-state index contributed by atoms with van der Waals surface area (Å²) < 4.78 is 0. The first-order chi connectivity index (χ1) is 9.92. The molecule has 22 heavy (non-hydrogen) atoms. The Hall–Kier alpha value is -0.580. The summed E-state index contributed by atoms with van der Waals surface area (Å²) in [5.74, 6) is 0. The van der Waals surface area contributed by atoms with E-state index in [4.69, 9.17) is 0 Å². The van der Waals surface area contributed by atoms with Crippen molar-refractivity contribution < 1.29 is 0 Å². The van der Waals surface area contributed by atoms with Gasteiger partial charge in [-0.2, -0.15) is 0 Å². The van der Waals surface area contributed by atoms with Gasteiger partial charge in [0.1, 0.15) is 0 Å². The number of hydrogen-bond donors (Lipinski definition) is 1. The molecule has 1 aromatic rings. The maximum atomic E-state index is 3.47. The fourth-order valence-electron chi connectivity index (χ4n) is 3.16. The third kappa shape index (κ3) is 5.56. The molecule has 1 unspecified atom stereocenters. The highest BCUT2D eigenvalue weighted by Crippen LogP contribution is 2.12. The van der Waals surface area contributed by atoms with E-state index in [1.165, 1.54) is 51.3 Å². The van der Waals surface area contributed by atoms with Gasteiger partial charge in [0.25, 0.3) is 0 Å². The first kappa shape index (κ1) is 19.5. The Labute approximate surface area is 146 Å². The van der Waals surface area contributed by atoms with Gasteiger partial charge in [0.05, 0.1) is 0 Å². The fourth-order valence-corrected chi connectivity index (χ4v) is 3.16. The van der Waals surface area contributed by atoms with Gasteiger partial charge >= 0.3 is 0 Å². The molecule has 0 amide bonds. The highest BCUT2D eigenvalue weighted by atomic mass is 35.5. The highest BCUT2D eigenvalue weighted by molar-refractivity contribution is 5.85. The van der Waals surface area contributed by atoms with Crippen molar-refractivity contribution in [1.82, 2.24) is 15.1 Å². The minimum Gasteiger partial charge on any atom is -0.315 e. The van der Waals surface area contributed by atoms with Crippen LogP contribution in [0.5, 0.6) is 0 Å². The van der Waals surface area contributed by atoms with Crippen LogP contribution in [0.4, 0.5) is 0 Å². The molecule has 0 aliphatic carbocycles. The monoisotopic (exact) mass is 343 g/mol. The van der Waals surface area contributed by atoms with Gasteiger partial charge in [-0.05, 0) is 18.5 Å². The summed E-state index contributed by atoms with van der Waals surface area (Å²) >= 11 is 0. The molecule has 0 bridgehead atoms. The number of nitrogens with zero attached hydrogens (tertiary/aromatic N) is 2.